The molecule has 4 aromatic rings. The van der Waals surface area contributed by atoms with Crippen molar-refractivity contribution in [2.75, 3.05) is 5.32 Å². The van der Waals surface area contributed by atoms with Crippen LogP contribution in [0.15, 0.2) is 54.6 Å². The number of aryl methyl sites for hydroxylation is 1. The quantitative estimate of drug-likeness (QED) is 0.623. The lowest BCUT2D eigenvalue weighted by Crippen LogP contribution is -1.94. The zero-order valence-corrected chi connectivity index (χ0v) is 12.7. The predicted molar refractivity (Wildman–Crippen MR) is 88.6 cm³/mol. The lowest BCUT2D eigenvalue weighted by molar-refractivity contribution is 0.970. The van der Waals surface area contributed by atoms with Crippen molar-refractivity contribution < 1.29 is 0 Å². The maximum atomic E-state index is 4.57. The Bertz CT molecular complexity index is 909. The van der Waals surface area contributed by atoms with Crippen molar-refractivity contribution >= 4 is 27.1 Å². The number of fused-ring (bicyclic) bond motifs is 1. The smallest absolute Gasteiger partial charge is 0.236 e. The fourth-order valence-corrected chi connectivity index (χ4v) is 2.95. The molecule has 0 unspecified atom stereocenters. The first-order valence-corrected chi connectivity index (χ1v) is 7.72. The molecule has 0 amide bonds. The van der Waals surface area contributed by atoms with Crippen LogP contribution < -0.4 is 5.32 Å². The molecule has 6 heteroatoms. The second kappa shape index (κ2) is 5.23. The summed E-state index contributed by atoms with van der Waals surface area (Å²) < 4.78 is 1.78. The molecule has 2 heterocycles. The molecule has 0 saturated carbocycles. The Kier molecular flexibility index (Phi) is 3.08. The van der Waals surface area contributed by atoms with Gasteiger partial charge in [0.2, 0.25) is 10.1 Å². The van der Waals surface area contributed by atoms with Gasteiger partial charge in [0.05, 0.1) is 0 Å². The number of rotatable bonds is 3. The highest BCUT2D eigenvalue weighted by molar-refractivity contribution is 7.20. The molecule has 0 bridgehead atoms. The highest BCUT2D eigenvalue weighted by Crippen LogP contribution is 2.26. The van der Waals surface area contributed by atoms with Gasteiger partial charge in [-0.1, -0.05) is 59.4 Å². The summed E-state index contributed by atoms with van der Waals surface area (Å²) >= 11 is 1.48. The standard InChI is InChI=1S/C16H13N5S/c1-11-7-9-12(10-8-11)14-18-19-16-21(14)20-15(22-16)17-13-5-3-2-4-6-13/h2-10H,1H3,(H,17,20). The first-order chi connectivity index (χ1) is 10.8. The van der Waals surface area contributed by atoms with Crippen LogP contribution in [0, 0.1) is 6.92 Å². The largest absolute Gasteiger partial charge is 0.330 e. The van der Waals surface area contributed by atoms with Crippen molar-refractivity contribution in [3.05, 3.63) is 60.2 Å². The molecule has 0 fully saturated rings. The maximum absolute atomic E-state index is 4.57. The van der Waals surface area contributed by atoms with Gasteiger partial charge < -0.3 is 5.32 Å². The maximum Gasteiger partial charge on any atom is 0.236 e. The van der Waals surface area contributed by atoms with E-state index >= 15 is 0 Å². The topological polar surface area (TPSA) is 55.1 Å². The normalized spacial score (nSPS) is 11.0. The van der Waals surface area contributed by atoms with Gasteiger partial charge in [0.15, 0.2) is 5.82 Å². The first-order valence-electron chi connectivity index (χ1n) is 6.91. The monoisotopic (exact) mass is 307 g/mol. The zero-order chi connectivity index (χ0) is 14.9. The SMILES string of the molecule is Cc1ccc(-c2nnc3sc(Nc4ccccc4)nn23)cc1. The second-order valence-corrected chi connectivity index (χ2v) is 5.94. The van der Waals surface area contributed by atoms with Crippen molar-refractivity contribution in [2.24, 2.45) is 0 Å². The first kappa shape index (κ1) is 13.0. The van der Waals surface area contributed by atoms with Gasteiger partial charge in [0, 0.05) is 11.3 Å². The van der Waals surface area contributed by atoms with E-state index in [1.165, 1.54) is 16.9 Å². The minimum Gasteiger partial charge on any atom is -0.330 e. The molecular weight excluding hydrogens is 294 g/mol. The van der Waals surface area contributed by atoms with Crippen molar-refractivity contribution in [3.63, 3.8) is 0 Å². The molecule has 0 aliphatic rings. The third kappa shape index (κ3) is 2.33. The van der Waals surface area contributed by atoms with Gasteiger partial charge in [0.25, 0.3) is 0 Å². The van der Waals surface area contributed by atoms with E-state index in [0.717, 1.165) is 27.2 Å². The Balaban J connectivity index is 1.71. The Morgan fingerprint density at radius 1 is 0.955 bits per heavy atom. The molecule has 0 radical (unpaired) electrons. The third-order valence-electron chi connectivity index (χ3n) is 3.33. The Hall–Kier alpha value is -2.73. The summed E-state index contributed by atoms with van der Waals surface area (Å²) in [6, 6.07) is 18.2. The van der Waals surface area contributed by atoms with Crippen molar-refractivity contribution in [3.8, 4) is 11.4 Å². The Labute approximate surface area is 131 Å². The van der Waals surface area contributed by atoms with Gasteiger partial charge >= 0.3 is 0 Å². The number of hydrogen-bond donors (Lipinski definition) is 1. The van der Waals surface area contributed by atoms with Gasteiger partial charge in [-0.2, -0.15) is 4.52 Å². The Morgan fingerprint density at radius 2 is 1.73 bits per heavy atom. The van der Waals surface area contributed by atoms with Crippen LogP contribution in [0.3, 0.4) is 0 Å². The zero-order valence-electron chi connectivity index (χ0n) is 11.9. The van der Waals surface area contributed by atoms with E-state index in [1.54, 1.807) is 4.52 Å². The molecule has 0 saturated heterocycles. The minimum atomic E-state index is 0.757. The van der Waals surface area contributed by atoms with Gasteiger partial charge in [0.1, 0.15) is 0 Å². The molecule has 5 nitrogen and oxygen atoms in total. The molecule has 0 spiro atoms. The van der Waals surface area contributed by atoms with Crippen molar-refractivity contribution in [1.29, 1.82) is 0 Å². The highest BCUT2D eigenvalue weighted by Gasteiger charge is 2.13. The second-order valence-electron chi connectivity index (χ2n) is 4.98. The molecule has 22 heavy (non-hydrogen) atoms. The Morgan fingerprint density at radius 3 is 2.50 bits per heavy atom. The van der Waals surface area contributed by atoms with Crippen LogP contribution in [-0.2, 0) is 0 Å². The number of nitrogens with one attached hydrogen (secondary N) is 1. The third-order valence-corrected chi connectivity index (χ3v) is 4.14. The van der Waals surface area contributed by atoms with E-state index in [9.17, 15) is 0 Å². The molecule has 2 aromatic heterocycles. The average molecular weight is 307 g/mol. The van der Waals surface area contributed by atoms with Crippen LogP contribution in [0.1, 0.15) is 5.56 Å². The number of anilines is 2. The van der Waals surface area contributed by atoms with Crippen LogP contribution in [0.5, 0.6) is 0 Å². The van der Waals surface area contributed by atoms with Crippen LogP contribution in [0.25, 0.3) is 16.3 Å². The summed E-state index contributed by atoms with van der Waals surface area (Å²) in [6.45, 7) is 2.06. The number of benzene rings is 2. The fourth-order valence-electron chi connectivity index (χ4n) is 2.20. The summed E-state index contributed by atoms with van der Waals surface area (Å²) in [7, 11) is 0. The molecular formula is C16H13N5S. The number of hydrogen-bond acceptors (Lipinski definition) is 5. The van der Waals surface area contributed by atoms with Gasteiger partial charge in [-0.3, -0.25) is 0 Å². The van der Waals surface area contributed by atoms with E-state index in [2.05, 4.69) is 39.7 Å². The average Bonchev–Trinajstić information content (AvgIpc) is 3.09. The minimum absolute atomic E-state index is 0.757. The van der Waals surface area contributed by atoms with Crippen LogP contribution in [-0.4, -0.2) is 19.8 Å². The van der Waals surface area contributed by atoms with Gasteiger partial charge in [-0.05, 0) is 19.1 Å². The molecule has 0 aliphatic carbocycles. The fraction of sp³-hybridized carbons (Fsp3) is 0.0625. The summed E-state index contributed by atoms with van der Waals surface area (Å²) in [6.07, 6.45) is 0. The van der Waals surface area contributed by atoms with E-state index in [1.807, 2.05) is 42.5 Å². The predicted octanol–water partition coefficient (Wildman–Crippen LogP) is 3.90. The highest BCUT2D eigenvalue weighted by atomic mass is 32.1. The van der Waals surface area contributed by atoms with Gasteiger partial charge in [-0.15, -0.1) is 15.3 Å². The van der Waals surface area contributed by atoms with E-state index < -0.39 is 0 Å². The summed E-state index contributed by atoms with van der Waals surface area (Å²) in [4.78, 5) is 0.772. The molecule has 1 N–H and O–H groups in total. The summed E-state index contributed by atoms with van der Waals surface area (Å²) in [5.41, 5.74) is 3.23. The lowest BCUT2D eigenvalue weighted by atomic mass is 10.1. The number of aromatic nitrogens is 4. The van der Waals surface area contributed by atoms with E-state index in [-0.39, 0.29) is 0 Å². The molecule has 0 aliphatic heterocycles. The number of nitrogens with zero attached hydrogens (tertiary/aromatic N) is 4. The molecule has 0 atom stereocenters. The summed E-state index contributed by atoms with van der Waals surface area (Å²) in [5.74, 6) is 0.757. The van der Waals surface area contributed by atoms with E-state index in [4.69, 9.17) is 0 Å². The van der Waals surface area contributed by atoms with Crippen molar-refractivity contribution in [2.45, 2.75) is 6.92 Å². The van der Waals surface area contributed by atoms with Gasteiger partial charge in [-0.25, -0.2) is 0 Å². The van der Waals surface area contributed by atoms with Crippen LogP contribution >= 0.6 is 11.3 Å². The molecule has 4 rings (SSSR count). The summed E-state index contributed by atoms with van der Waals surface area (Å²) in [5, 5.41) is 17.1. The number of para-hydroxylation sites is 1. The van der Waals surface area contributed by atoms with E-state index in [0.29, 0.717) is 0 Å². The van der Waals surface area contributed by atoms with Crippen molar-refractivity contribution in [1.82, 2.24) is 19.8 Å². The van der Waals surface area contributed by atoms with Crippen LogP contribution in [0.4, 0.5) is 10.8 Å². The molecule has 2 aromatic carbocycles. The van der Waals surface area contributed by atoms with Crippen LogP contribution in [0.2, 0.25) is 0 Å². The lowest BCUT2D eigenvalue weighted by Gasteiger charge is -2.00. The molecule has 108 valence electrons.